The van der Waals surface area contributed by atoms with Crippen LogP contribution < -0.4 is 0 Å². The van der Waals surface area contributed by atoms with Crippen LogP contribution in [0, 0.1) is 0 Å². The van der Waals surface area contributed by atoms with Crippen molar-refractivity contribution in [3.63, 3.8) is 0 Å². The molecule has 0 bridgehead atoms. The van der Waals surface area contributed by atoms with E-state index in [9.17, 15) is 14.4 Å². The lowest BCUT2D eigenvalue weighted by atomic mass is 10.1. The fourth-order valence-electron chi connectivity index (χ4n) is 7.34. The maximum Gasteiger partial charge on any atom is 0.306 e. The highest BCUT2D eigenvalue weighted by Crippen LogP contribution is 2.11. The summed E-state index contributed by atoms with van der Waals surface area (Å²) < 4.78 is 16.7. The molecule has 0 radical (unpaired) electrons. The summed E-state index contributed by atoms with van der Waals surface area (Å²) in [6.07, 6.45) is 97.3. The number of rotatable bonds is 52. The lowest BCUT2D eigenvalue weighted by Gasteiger charge is -2.18. The van der Waals surface area contributed by atoms with Crippen molar-refractivity contribution >= 4 is 17.9 Å². The van der Waals surface area contributed by atoms with E-state index in [0.717, 1.165) is 135 Å². The van der Waals surface area contributed by atoms with E-state index in [2.05, 4.69) is 203 Å². The molecule has 0 aromatic heterocycles. The minimum atomic E-state index is -0.858. The minimum Gasteiger partial charge on any atom is -0.462 e. The molecule has 1 atom stereocenters. The predicted molar refractivity (Wildman–Crippen MR) is 338 cm³/mol. The lowest BCUT2D eigenvalue weighted by molar-refractivity contribution is -0.166. The summed E-state index contributed by atoms with van der Waals surface area (Å²) in [4.78, 5) is 38.1. The molecule has 6 nitrogen and oxygen atoms in total. The Kier molecular flexibility index (Phi) is 59.1. The van der Waals surface area contributed by atoms with Crippen molar-refractivity contribution in [1.82, 2.24) is 0 Å². The van der Waals surface area contributed by atoms with E-state index in [1.165, 1.54) is 32.1 Å². The van der Waals surface area contributed by atoms with E-state index in [0.29, 0.717) is 19.3 Å². The van der Waals surface area contributed by atoms with Gasteiger partial charge in [0.25, 0.3) is 0 Å². The van der Waals surface area contributed by atoms with Gasteiger partial charge < -0.3 is 14.2 Å². The largest absolute Gasteiger partial charge is 0.462 e. The molecule has 0 saturated carbocycles. The first-order chi connectivity index (χ1) is 38.5. The van der Waals surface area contributed by atoms with Gasteiger partial charge in [0, 0.05) is 19.3 Å². The molecular formula is C72H108O6. The topological polar surface area (TPSA) is 78.9 Å². The van der Waals surface area contributed by atoms with E-state index in [-0.39, 0.29) is 38.0 Å². The Hall–Kier alpha value is -5.75. The van der Waals surface area contributed by atoms with Crippen molar-refractivity contribution in [2.24, 2.45) is 0 Å². The molecule has 0 aliphatic heterocycles. The summed E-state index contributed by atoms with van der Waals surface area (Å²) >= 11 is 0. The van der Waals surface area contributed by atoms with Crippen LogP contribution in [0.2, 0.25) is 0 Å². The highest BCUT2D eigenvalue weighted by Gasteiger charge is 2.19. The van der Waals surface area contributed by atoms with Gasteiger partial charge in [-0.05, 0) is 148 Å². The van der Waals surface area contributed by atoms with Crippen LogP contribution in [0.5, 0.6) is 0 Å². The molecular weight excluding hydrogens is 961 g/mol. The minimum absolute atomic E-state index is 0.141. The van der Waals surface area contributed by atoms with Crippen LogP contribution in [-0.2, 0) is 28.6 Å². The first-order valence-corrected chi connectivity index (χ1v) is 30.4. The molecule has 0 fully saturated rings. The SMILES string of the molecule is CC/C=C\C/C=C\C/C=C\C/C=C\C/C=C\C/C=C\C/C=C\C/C=C\C/C=C\CCCC(=O)OCC(COC(=O)CCCCCCC/C=C\CCCCC)OC(=O)CC/C=C\C/C=C\C/C=C\C/C=C\C/C=C\C/C=C\CC. The molecule has 78 heavy (non-hydrogen) atoms. The fraction of sp³-hybridized carbons (Fsp3) is 0.514. The van der Waals surface area contributed by atoms with Crippen LogP contribution in [0.15, 0.2) is 194 Å². The highest BCUT2D eigenvalue weighted by atomic mass is 16.6. The molecule has 0 rings (SSSR count). The van der Waals surface area contributed by atoms with Gasteiger partial charge in [-0.1, -0.05) is 247 Å². The normalized spacial score (nSPS) is 13.5. The van der Waals surface area contributed by atoms with Gasteiger partial charge in [-0.25, -0.2) is 0 Å². The predicted octanol–water partition coefficient (Wildman–Crippen LogP) is 21.0. The molecule has 0 aliphatic rings. The van der Waals surface area contributed by atoms with E-state index in [1.807, 2.05) is 12.2 Å². The molecule has 0 spiro atoms. The zero-order chi connectivity index (χ0) is 56.4. The van der Waals surface area contributed by atoms with Gasteiger partial charge in [-0.15, -0.1) is 0 Å². The fourth-order valence-corrected chi connectivity index (χ4v) is 7.34. The van der Waals surface area contributed by atoms with Gasteiger partial charge in [-0.2, -0.15) is 0 Å². The molecule has 1 unspecified atom stereocenters. The van der Waals surface area contributed by atoms with Gasteiger partial charge in [-0.3, -0.25) is 14.4 Å². The Morgan fingerprint density at radius 2 is 0.538 bits per heavy atom. The highest BCUT2D eigenvalue weighted by molar-refractivity contribution is 5.71. The second-order valence-electron chi connectivity index (χ2n) is 19.1. The number of unbranched alkanes of at least 4 members (excludes halogenated alkanes) is 9. The number of carbonyl (C=O) groups is 3. The van der Waals surface area contributed by atoms with Crippen LogP contribution in [0.4, 0.5) is 0 Å². The van der Waals surface area contributed by atoms with Crippen LogP contribution in [0.25, 0.3) is 0 Å². The first kappa shape index (κ1) is 72.2. The quantitative estimate of drug-likeness (QED) is 0.0261. The summed E-state index contributed by atoms with van der Waals surface area (Å²) in [6, 6.07) is 0. The zero-order valence-corrected chi connectivity index (χ0v) is 49.3. The molecule has 0 N–H and O–H groups in total. The molecule has 432 valence electrons. The number of hydrogen-bond donors (Lipinski definition) is 0. The van der Waals surface area contributed by atoms with Crippen molar-refractivity contribution in [3.05, 3.63) is 194 Å². The van der Waals surface area contributed by atoms with Crippen molar-refractivity contribution in [2.45, 2.75) is 226 Å². The van der Waals surface area contributed by atoms with Gasteiger partial charge in [0.15, 0.2) is 6.10 Å². The standard InChI is InChI=1S/C72H108O6/c1-4-7-10-13-16-19-22-25-27-29-31-32-33-34-35-36-37-38-39-40-42-43-45-47-50-53-56-59-62-65-71(74)77-68-69(67-76-70(73)64-61-58-55-52-49-24-21-18-15-12-9-6-3)78-72(75)66-63-60-57-54-51-48-46-44-41-30-28-26-23-20-17-14-11-8-5-2/h7-8,10-11,16-21,25-28,31-32,34-35,37-38,40-42,44-45,47-48,51,53,56-57,60,69H,4-6,9,12-15,22-24,29-30,33,36,39,43,46,49-50,52,54-55,58-59,61-68H2,1-3H3/b10-7-,11-8-,19-16-,20-17-,21-18-,27-25-,28-26-,32-31-,35-34-,38-37-,42-40-,44-41-,47-45-,51-48-,56-53-,60-57-. The Bertz CT molecular complexity index is 1900. The Morgan fingerprint density at radius 3 is 0.897 bits per heavy atom. The maximum absolute atomic E-state index is 12.8. The van der Waals surface area contributed by atoms with Gasteiger partial charge in [0.05, 0.1) is 0 Å². The number of hydrogen-bond acceptors (Lipinski definition) is 6. The number of carbonyl (C=O) groups excluding carboxylic acids is 3. The summed E-state index contributed by atoms with van der Waals surface area (Å²) in [6.45, 7) is 6.24. The summed E-state index contributed by atoms with van der Waals surface area (Å²) in [5.41, 5.74) is 0. The third kappa shape index (κ3) is 61.1. The molecule has 0 aliphatic carbocycles. The second kappa shape index (κ2) is 63.8. The van der Waals surface area contributed by atoms with Gasteiger partial charge in [0.2, 0.25) is 0 Å². The summed E-state index contributed by atoms with van der Waals surface area (Å²) in [5, 5.41) is 0. The van der Waals surface area contributed by atoms with Crippen LogP contribution in [-0.4, -0.2) is 37.2 Å². The van der Waals surface area contributed by atoms with Crippen molar-refractivity contribution in [3.8, 4) is 0 Å². The Balaban J connectivity index is 4.56. The average molecular weight is 1070 g/mol. The van der Waals surface area contributed by atoms with Gasteiger partial charge in [0.1, 0.15) is 13.2 Å². The number of allylic oxidation sites excluding steroid dienone is 32. The third-order valence-corrected chi connectivity index (χ3v) is 11.8. The van der Waals surface area contributed by atoms with E-state index >= 15 is 0 Å². The molecule has 6 heteroatoms. The average Bonchev–Trinajstić information content (AvgIpc) is 3.44. The zero-order valence-electron chi connectivity index (χ0n) is 49.3. The Morgan fingerprint density at radius 1 is 0.269 bits per heavy atom. The summed E-state index contributed by atoms with van der Waals surface area (Å²) in [5.74, 6) is -1.11. The van der Waals surface area contributed by atoms with Crippen molar-refractivity contribution in [1.29, 1.82) is 0 Å². The number of esters is 3. The summed E-state index contributed by atoms with van der Waals surface area (Å²) in [7, 11) is 0. The lowest BCUT2D eigenvalue weighted by Crippen LogP contribution is -2.30. The van der Waals surface area contributed by atoms with Crippen LogP contribution >= 0.6 is 0 Å². The molecule has 0 aromatic rings. The second-order valence-corrected chi connectivity index (χ2v) is 19.1. The third-order valence-electron chi connectivity index (χ3n) is 11.8. The smallest absolute Gasteiger partial charge is 0.306 e. The number of ether oxygens (including phenoxy) is 3. The molecule has 0 aromatic carbocycles. The van der Waals surface area contributed by atoms with E-state index in [1.54, 1.807) is 0 Å². The van der Waals surface area contributed by atoms with Crippen LogP contribution in [0.1, 0.15) is 220 Å². The van der Waals surface area contributed by atoms with E-state index in [4.69, 9.17) is 14.2 Å². The van der Waals surface area contributed by atoms with Crippen molar-refractivity contribution in [2.75, 3.05) is 13.2 Å². The maximum atomic E-state index is 12.8. The Labute approximate surface area is 477 Å². The molecule has 0 amide bonds. The molecule has 0 saturated heterocycles. The van der Waals surface area contributed by atoms with Gasteiger partial charge >= 0.3 is 17.9 Å². The van der Waals surface area contributed by atoms with E-state index < -0.39 is 12.1 Å². The first-order valence-electron chi connectivity index (χ1n) is 30.4. The molecule has 0 heterocycles. The van der Waals surface area contributed by atoms with Crippen LogP contribution in [0.3, 0.4) is 0 Å². The monoisotopic (exact) mass is 1070 g/mol. The van der Waals surface area contributed by atoms with Crippen molar-refractivity contribution < 1.29 is 28.6 Å².